The molecule has 0 radical (unpaired) electrons. The van der Waals surface area contributed by atoms with Gasteiger partial charge in [-0.15, -0.1) is 0 Å². The summed E-state index contributed by atoms with van der Waals surface area (Å²) >= 11 is 0. The van der Waals surface area contributed by atoms with E-state index in [2.05, 4.69) is 5.32 Å². The third-order valence-corrected chi connectivity index (χ3v) is 3.10. The van der Waals surface area contributed by atoms with Crippen LogP contribution in [-0.4, -0.2) is 36.5 Å². The van der Waals surface area contributed by atoms with Crippen LogP contribution in [0.1, 0.15) is 22.8 Å². The van der Waals surface area contributed by atoms with Crippen molar-refractivity contribution in [2.75, 3.05) is 19.6 Å². The van der Waals surface area contributed by atoms with E-state index in [0.717, 1.165) is 25.2 Å². The molecule has 1 saturated heterocycles. The minimum atomic E-state index is 0.147. The van der Waals surface area contributed by atoms with Gasteiger partial charge >= 0.3 is 0 Å². The van der Waals surface area contributed by atoms with E-state index in [9.17, 15) is 4.79 Å². The molecule has 86 valence electrons. The van der Waals surface area contributed by atoms with Crippen LogP contribution in [0.5, 0.6) is 0 Å². The van der Waals surface area contributed by atoms with Crippen molar-refractivity contribution in [1.29, 1.82) is 0 Å². The van der Waals surface area contributed by atoms with Crippen LogP contribution in [-0.2, 0) is 0 Å². The van der Waals surface area contributed by atoms with Crippen molar-refractivity contribution in [1.82, 2.24) is 10.2 Å². The number of hydrogen-bond donors (Lipinski definition) is 1. The quantitative estimate of drug-likeness (QED) is 0.832. The minimum absolute atomic E-state index is 0.147. The molecular weight excluding hydrogens is 200 g/mol. The Hall–Kier alpha value is -1.35. The van der Waals surface area contributed by atoms with Gasteiger partial charge in [0.2, 0.25) is 0 Å². The highest BCUT2D eigenvalue weighted by Gasteiger charge is 2.27. The van der Waals surface area contributed by atoms with E-state index < -0.39 is 0 Å². The van der Waals surface area contributed by atoms with Gasteiger partial charge in [0.1, 0.15) is 0 Å². The molecule has 2 rings (SSSR count). The van der Waals surface area contributed by atoms with Crippen LogP contribution in [0.15, 0.2) is 24.3 Å². The number of likely N-dealkylation sites (N-methyl/N-ethyl adjacent to an activating group) is 1. The molecule has 16 heavy (non-hydrogen) atoms. The molecule has 0 unspecified atom stereocenters. The molecule has 1 aliphatic heterocycles. The van der Waals surface area contributed by atoms with E-state index in [1.165, 1.54) is 5.56 Å². The molecule has 1 fully saturated rings. The van der Waals surface area contributed by atoms with Gasteiger partial charge in [0.15, 0.2) is 0 Å². The zero-order valence-corrected chi connectivity index (χ0v) is 9.86. The van der Waals surface area contributed by atoms with Gasteiger partial charge in [-0.1, -0.05) is 17.7 Å². The Balaban J connectivity index is 2.12. The van der Waals surface area contributed by atoms with Gasteiger partial charge in [-0.3, -0.25) is 4.79 Å². The molecule has 1 aliphatic rings. The molecule has 0 aliphatic carbocycles. The van der Waals surface area contributed by atoms with E-state index in [1.54, 1.807) is 0 Å². The SMILES string of the molecule is CCN(C(=O)c1ccc(C)cc1)C1CNC1. The zero-order valence-electron chi connectivity index (χ0n) is 9.86. The van der Waals surface area contributed by atoms with Crippen molar-refractivity contribution in [3.63, 3.8) is 0 Å². The lowest BCUT2D eigenvalue weighted by Crippen LogP contribution is -2.58. The maximum absolute atomic E-state index is 12.2. The fourth-order valence-corrected chi connectivity index (χ4v) is 1.92. The Morgan fingerprint density at radius 3 is 2.44 bits per heavy atom. The van der Waals surface area contributed by atoms with Gasteiger partial charge < -0.3 is 10.2 Å². The fourth-order valence-electron chi connectivity index (χ4n) is 1.92. The van der Waals surface area contributed by atoms with Gasteiger partial charge in [0, 0.05) is 25.2 Å². The number of nitrogens with zero attached hydrogens (tertiary/aromatic N) is 1. The maximum atomic E-state index is 12.2. The molecule has 1 N–H and O–H groups in total. The lowest BCUT2D eigenvalue weighted by atomic mass is 10.1. The van der Waals surface area contributed by atoms with E-state index >= 15 is 0 Å². The Bertz CT molecular complexity index is 368. The predicted octanol–water partition coefficient (Wildman–Crippen LogP) is 1.43. The van der Waals surface area contributed by atoms with E-state index in [-0.39, 0.29) is 5.91 Å². The molecule has 1 aromatic rings. The Morgan fingerprint density at radius 2 is 2.00 bits per heavy atom. The van der Waals surface area contributed by atoms with E-state index in [4.69, 9.17) is 0 Å². The second-order valence-electron chi connectivity index (χ2n) is 4.27. The summed E-state index contributed by atoms with van der Waals surface area (Å²) in [5.74, 6) is 0.147. The first-order valence-electron chi connectivity index (χ1n) is 5.80. The van der Waals surface area contributed by atoms with E-state index in [1.807, 2.05) is 43.0 Å². The summed E-state index contributed by atoms with van der Waals surface area (Å²) in [4.78, 5) is 14.2. The predicted molar refractivity (Wildman–Crippen MR) is 64.5 cm³/mol. The van der Waals surface area contributed by atoms with Gasteiger partial charge in [0.25, 0.3) is 5.91 Å². The second kappa shape index (κ2) is 4.66. The first kappa shape index (κ1) is 11.1. The van der Waals surface area contributed by atoms with Crippen molar-refractivity contribution in [2.45, 2.75) is 19.9 Å². The number of aryl methyl sites for hydroxylation is 1. The highest BCUT2D eigenvalue weighted by molar-refractivity contribution is 5.94. The van der Waals surface area contributed by atoms with Gasteiger partial charge in [-0.05, 0) is 26.0 Å². The molecule has 0 saturated carbocycles. The topological polar surface area (TPSA) is 32.3 Å². The number of nitrogens with one attached hydrogen (secondary N) is 1. The van der Waals surface area contributed by atoms with Gasteiger partial charge in [0.05, 0.1) is 6.04 Å². The summed E-state index contributed by atoms with van der Waals surface area (Å²) in [6.07, 6.45) is 0. The molecule has 3 heteroatoms. The van der Waals surface area contributed by atoms with Crippen LogP contribution in [0, 0.1) is 6.92 Å². The third kappa shape index (κ3) is 2.09. The lowest BCUT2D eigenvalue weighted by molar-refractivity contribution is 0.0630. The molecule has 0 spiro atoms. The summed E-state index contributed by atoms with van der Waals surface area (Å²) in [6.45, 7) is 6.68. The number of amides is 1. The molecular formula is C13H18N2O. The first-order chi connectivity index (χ1) is 7.72. The Kier molecular flexibility index (Phi) is 3.25. The summed E-state index contributed by atoms with van der Waals surface area (Å²) in [5, 5.41) is 3.20. The summed E-state index contributed by atoms with van der Waals surface area (Å²) in [6, 6.07) is 8.16. The number of rotatable bonds is 3. The molecule has 1 aromatic carbocycles. The average molecular weight is 218 g/mol. The summed E-state index contributed by atoms with van der Waals surface area (Å²) < 4.78 is 0. The molecule has 1 heterocycles. The Labute approximate surface area is 96.5 Å². The minimum Gasteiger partial charge on any atom is -0.333 e. The highest BCUT2D eigenvalue weighted by Crippen LogP contribution is 2.12. The van der Waals surface area contributed by atoms with Crippen LogP contribution in [0.25, 0.3) is 0 Å². The molecule has 1 amide bonds. The third-order valence-electron chi connectivity index (χ3n) is 3.10. The number of hydrogen-bond acceptors (Lipinski definition) is 2. The van der Waals surface area contributed by atoms with E-state index in [0.29, 0.717) is 6.04 Å². The van der Waals surface area contributed by atoms with Crippen molar-refractivity contribution >= 4 is 5.91 Å². The molecule has 0 aromatic heterocycles. The normalized spacial score (nSPS) is 15.6. The first-order valence-corrected chi connectivity index (χ1v) is 5.80. The van der Waals surface area contributed by atoms with Crippen molar-refractivity contribution in [3.8, 4) is 0 Å². The second-order valence-corrected chi connectivity index (χ2v) is 4.27. The lowest BCUT2D eigenvalue weighted by Gasteiger charge is -2.37. The summed E-state index contributed by atoms with van der Waals surface area (Å²) in [7, 11) is 0. The zero-order chi connectivity index (χ0) is 11.5. The number of carbonyl (C=O) groups is 1. The monoisotopic (exact) mass is 218 g/mol. The maximum Gasteiger partial charge on any atom is 0.254 e. The van der Waals surface area contributed by atoms with Crippen LogP contribution in [0.2, 0.25) is 0 Å². The van der Waals surface area contributed by atoms with Gasteiger partial charge in [-0.2, -0.15) is 0 Å². The van der Waals surface area contributed by atoms with Crippen molar-refractivity contribution in [2.24, 2.45) is 0 Å². The van der Waals surface area contributed by atoms with Gasteiger partial charge in [-0.25, -0.2) is 0 Å². The average Bonchev–Trinajstić information content (AvgIpc) is 2.23. The standard InChI is InChI=1S/C13H18N2O/c1-3-15(12-8-14-9-12)13(16)11-6-4-10(2)5-7-11/h4-7,12,14H,3,8-9H2,1-2H3. The molecule has 0 bridgehead atoms. The Morgan fingerprint density at radius 1 is 1.38 bits per heavy atom. The molecule has 0 atom stereocenters. The van der Waals surface area contributed by atoms with Crippen LogP contribution in [0.4, 0.5) is 0 Å². The molecule has 3 nitrogen and oxygen atoms in total. The van der Waals surface area contributed by atoms with Crippen molar-refractivity contribution in [3.05, 3.63) is 35.4 Å². The van der Waals surface area contributed by atoms with Crippen molar-refractivity contribution < 1.29 is 4.79 Å². The smallest absolute Gasteiger partial charge is 0.254 e. The van der Waals surface area contributed by atoms with Crippen LogP contribution >= 0.6 is 0 Å². The fraction of sp³-hybridized carbons (Fsp3) is 0.462. The number of carbonyl (C=O) groups excluding carboxylic acids is 1. The summed E-state index contributed by atoms with van der Waals surface area (Å²) in [5.41, 5.74) is 1.98. The van der Waals surface area contributed by atoms with Crippen LogP contribution in [0.3, 0.4) is 0 Å². The number of benzene rings is 1. The van der Waals surface area contributed by atoms with Crippen LogP contribution < -0.4 is 5.32 Å². The largest absolute Gasteiger partial charge is 0.333 e. The highest BCUT2D eigenvalue weighted by atomic mass is 16.2.